The summed E-state index contributed by atoms with van der Waals surface area (Å²) in [6, 6.07) is 3.48. The lowest BCUT2D eigenvalue weighted by molar-refractivity contribution is -0.141. The lowest BCUT2D eigenvalue weighted by Gasteiger charge is -2.07. The van der Waals surface area contributed by atoms with Gasteiger partial charge in [-0.3, -0.25) is 9.59 Å². The van der Waals surface area contributed by atoms with Crippen molar-refractivity contribution in [1.29, 1.82) is 0 Å². The van der Waals surface area contributed by atoms with E-state index in [4.69, 9.17) is 5.11 Å². The Morgan fingerprint density at radius 3 is 2.89 bits per heavy atom. The van der Waals surface area contributed by atoms with Crippen LogP contribution in [0.1, 0.15) is 30.3 Å². The fourth-order valence-corrected chi connectivity index (χ4v) is 1.81. The number of hydrogen-bond donors (Lipinski definition) is 2. The van der Waals surface area contributed by atoms with Crippen molar-refractivity contribution >= 4 is 27.8 Å². The van der Waals surface area contributed by atoms with Crippen molar-refractivity contribution in [2.45, 2.75) is 19.8 Å². The molecule has 0 aliphatic rings. The molecule has 0 aliphatic heterocycles. The maximum absolute atomic E-state index is 11.7. The molecule has 1 aromatic rings. The highest BCUT2D eigenvalue weighted by molar-refractivity contribution is 9.10. The summed E-state index contributed by atoms with van der Waals surface area (Å²) in [5, 5.41) is 11.4. The summed E-state index contributed by atoms with van der Waals surface area (Å²) in [4.78, 5) is 26.3. The van der Waals surface area contributed by atoms with Crippen LogP contribution < -0.4 is 5.32 Å². The van der Waals surface area contributed by atoms with Gasteiger partial charge in [0.05, 0.1) is 5.92 Å². The first-order chi connectivity index (χ1) is 8.52. The number of carboxylic acids is 1. The zero-order valence-electron chi connectivity index (χ0n) is 10.0. The van der Waals surface area contributed by atoms with Crippen molar-refractivity contribution in [3.63, 3.8) is 0 Å². The van der Waals surface area contributed by atoms with Gasteiger partial charge in [0.2, 0.25) is 0 Å². The molecule has 2 N–H and O–H groups in total. The first-order valence-electron chi connectivity index (χ1n) is 5.64. The zero-order valence-corrected chi connectivity index (χ0v) is 11.6. The monoisotopic (exact) mass is 314 g/mol. The van der Waals surface area contributed by atoms with Gasteiger partial charge >= 0.3 is 5.97 Å². The van der Waals surface area contributed by atoms with E-state index in [1.54, 1.807) is 25.3 Å². The smallest absolute Gasteiger partial charge is 0.306 e. The summed E-state index contributed by atoms with van der Waals surface area (Å²) in [5.74, 6) is -1.46. The van der Waals surface area contributed by atoms with Crippen LogP contribution in [0, 0.1) is 5.92 Å². The predicted molar refractivity (Wildman–Crippen MR) is 70.3 cm³/mol. The van der Waals surface area contributed by atoms with Crippen LogP contribution in [0.5, 0.6) is 0 Å². The molecule has 0 aromatic carbocycles. The van der Waals surface area contributed by atoms with Crippen LogP contribution in [-0.2, 0) is 4.79 Å². The molecule has 0 saturated carbocycles. The third-order valence-electron chi connectivity index (χ3n) is 2.49. The summed E-state index contributed by atoms with van der Waals surface area (Å²) >= 11 is 3.25. The summed E-state index contributed by atoms with van der Waals surface area (Å²) < 4.78 is 0.640. The largest absolute Gasteiger partial charge is 0.481 e. The number of hydrogen-bond acceptors (Lipinski definition) is 3. The topological polar surface area (TPSA) is 79.3 Å². The molecule has 6 heteroatoms. The molecule has 1 aromatic heterocycles. The molecule has 1 atom stereocenters. The lowest BCUT2D eigenvalue weighted by Crippen LogP contribution is -2.26. The number of carbonyl (C=O) groups is 2. The zero-order chi connectivity index (χ0) is 13.5. The molecule has 1 rings (SSSR count). The van der Waals surface area contributed by atoms with Crippen molar-refractivity contribution < 1.29 is 14.7 Å². The number of amides is 1. The van der Waals surface area contributed by atoms with Crippen molar-refractivity contribution in [2.24, 2.45) is 5.92 Å². The molecule has 0 bridgehead atoms. The van der Waals surface area contributed by atoms with Crippen LogP contribution in [0.2, 0.25) is 0 Å². The number of carboxylic acid groups (broad SMARTS) is 1. The van der Waals surface area contributed by atoms with Crippen LogP contribution in [0.15, 0.2) is 22.8 Å². The molecule has 0 spiro atoms. The fourth-order valence-electron chi connectivity index (χ4n) is 1.37. The fraction of sp³-hybridized carbons (Fsp3) is 0.417. The molecule has 0 fully saturated rings. The Morgan fingerprint density at radius 1 is 1.56 bits per heavy atom. The SMILES string of the molecule is CC(CCCNC(=O)c1ncccc1Br)C(=O)O. The van der Waals surface area contributed by atoms with Gasteiger partial charge in [-0.25, -0.2) is 4.98 Å². The molecule has 18 heavy (non-hydrogen) atoms. The van der Waals surface area contributed by atoms with Gasteiger partial charge in [-0.1, -0.05) is 6.92 Å². The Kier molecular flexibility index (Phi) is 5.77. The van der Waals surface area contributed by atoms with E-state index in [0.29, 0.717) is 29.6 Å². The van der Waals surface area contributed by atoms with Gasteiger partial charge in [-0.05, 0) is 40.9 Å². The summed E-state index contributed by atoms with van der Waals surface area (Å²) in [6.45, 7) is 2.10. The van der Waals surface area contributed by atoms with Gasteiger partial charge in [0, 0.05) is 17.2 Å². The molecule has 1 unspecified atom stereocenters. The van der Waals surface area contributed by atoms with Gasteiger partial charge in [-0.2, -0.15) is 0 Å². The van der Waals surface area contributed by atoms with Gasteiger partial charge in [0.1, 0.15) is 5.69 Å². The van der Waals surface area contributed by atoms with E-state index in [9.17, 15) is 9.59 Å². The van der Waals surface area contributed by atoms with E-state index >= 15 is 0 Å². The van der Waals surface area contributed by atoms with Crippen molar-refractivity contribution in [2.75, 3.05) is 6.54 Å². The quantitative estimate of drug-likeness (QED) is 0.788. The third-order valence-corrected chi connectivity index (χ3v) is 3.13. The first-order valence-corrected chi connectivity index (χ1v) is 6.43. The summed E-state index contributed by atoms with van der Waals surface area (Å²) in [5.41, 5.74) is 0.337. The highest BCUT2D eigenvalue weighted by Gasteiger charge is 2.12. The number of nitrogens with zero attached hydrogens (tertiary/aromatic N) is 1. The number of halogens is 1. The Hall–Kier alpha value is -1.43. The van der Waals surface area contributed by atoms with Crippen LogP contribution in [-0.4, -0.2) is 28.5 Å². The number of nitrogens with one attached hydrogen (secondary N) is 1. The molecule has 0 radical (unpaired) electrons. The van der Waals surface area contributed by atoms with E-state index in [-0.39, 0.29) is 11.8 Å². The summed E-state index contributed by atoms with van der Waals surface area (Å²) in [7, 11) is 0. The third kappa shape index (κ3) is 4.44. The maximum atomic E-state index is 11.7. The van der Waals surface area contributed by atoms with E-state index in [1.807, 2.05) is 0 Å². The van der Waals surface area contributed by atoms with Crippen LogP contribution in [0.4, 0.5) is 0 Å². The molecule has 5 nitrogen and oxygen atoms in total. The normalized spacial score (nSPS) is 11.9. The number of carbonyl (C=O) groups excluding carboxylic acids is 1. The average molecular weight is 315 g/mol. The second kappa shape index (κ2) is 7.10. The highest BCUT2D eigenvalue weighted by Crippen LogP contribution is 2.12. The van der Waals surface area contributed by atoms with Crippen LogP contribution in [0.25, 0.3) is 0 Å². The predicted octanol–water partition coefficient (Wildman–Crippen LogP) is 2.07. The Labute approximate surface area is 114 Å². The van der Waals surface area contributed by atoms with E-state index in [2.05, 4.69) is 26.2 Å². The van der Waals surface area contributed by atoms with Gasteiger partial charge in [0.15, 0.2) is 0 Å². The highest BCUT2D eigenvalue weighted by atomic mass is 79.9. The molecule has 98 valence electrons. The van der Waals surface area contributed by atoms with Gasteiger partial charge in [0.25, 0.3) is 5.91 Å². The minimum atomic E-state index is -0.811. The van der Waals surface area contributed by atoms with E-state index < -0.39 is 5.97 Å². The van der Waals surface area contributed by atoms with E-state index in [1.165, 1.54) is 0 Å². The van der Waals surface area contributed by atoms with Gasteiger partial charge < -0.3 is 10.4 Å². The van der Waals surface area contributed by atoms with E-state index in [0.717, 1.165) is 0 Å². The minimum absolute atomic E-state index is 0.259. The average Bonchev–Trinajstić information content (AvgIpc) is 2.34. The summed E-state index contributed by atoms with van der Waals surface area (Å²) in [6.07, 6.45) is 2.72. The molecule has 1 amide bonds. The minimum Gasteiger partial charge on any atom is -0.481 e. The second-order valence-electron chi connectivity index (χ2n) is 3.97. The Morgan fingerprint density at radius 2 is 2.28 bits per heavy atom. The molecule has 0 aliphatic carbocycles. The number of aliphatic carboxylic acids is 1. The molecular formula is C12H15BrN2O3. The standard InChI is InChI=1S/C12H15BrN2O3/c1-8(12(17)18)4-2-7-15-11(16)10-9(13)5-3-6-14-10/h3,5-6,8H,2,4,7H2,1H3,(H,15,16)(H,17,18). The van der Waals surface area contributed by atoms with Crippen LogP contribution in [0.3, 0.4) is 0 Å². The first kappa shape index (κ1) is 14.6. The van der Waals surface area contributed by atoms with Gasteiger partial charge in [-0.15, -0.1) is 0 Å². The van der Waals surface area contributed by atoms with Crippen molar-refractivity contribution in [1.82, 2.24) is 10.3 Å². The molecule has 0 saturated heterocycles. The maximum Gasteiger partial charge on any atom is 0.306 e. The van der Waals surface area contributed by atoms with Crippen molar-refractivity contribution in [3.05, 3.63) is 28.5 Å². The van der Waals surface area contributed by atoms with Crippen molar-refractivity contribution in [3.8, 4) is 0 Å². The van der Waals surface area contributed by atoms with Crippen LogP contribution >= 0.6 is 15.9 Å². The lowest BCUT2D eigenvalue weighted by atomic mass is 10.1. The number of pyridine rings is 1. The Balaban J connectivity index is 2.34. The second-order valence-corrected chi connectivity index (χ2v) is 4.83. The molecular weight excluding hydrogens is 300 g/mol. The molecule has 1 heterocycles. The Bertz CT molecular complexity index is 437. The number of aromatic nitrogens is 1. The number of rotatable bonds is 6.